The van der Waals surface area contributed by atoms with Crippen LogP contribution in [0.2, 0.25) is 0 Å². The van der Waals surface area contributed by atoms with Crippen LogP contribution >= 0.6 is 0 Å². The number of hydrogen-bond acceptors (Lipinski definition) is 8. The lowest BCUT2D eigenvalue weighted by atomic mass is 10.1. The molecule has 2 N–H and O–H groups in total. The number of ether oxygens (including phenoxy) is 3. The van der Waals surface area contributed by atoms with Gasteiger partial charge >= 0.3 is 0 Å². The van der Waals surface area contributed by atoms with Crippen molar-refractivity contribution in [1.82, 2.24) is 30.3 Å². The molecule has 11 nitrogen and oxygen atoms in total. The largest absolute Gasteiger partial charge is 0.493 e. The van der Waals surface area contributed by atoms with Crippen LogP contribution in [0.1, 0.15) is 29.2 Å². The van der Waals surface area contributed by atoms with E-state index in [2.05, 4.69) is 20.5 Å². The third-order valence-corrected chi connectivity index (χ3v) is 6.86. The minimum atomic E-state index is -0.348. The Morgan fingerprint density at radius 1 is 1.15 bits per heavy atom. The first-order valence-electron chi connectivity index (χ1n) is 13.0. The van der Waals surface area contributed by atoms with Gasteiger partial charge in [0.15, 0.2) is 17.3 Å². The predicted octanol–water partition coefficient (Wildman–Crippen LogP) is 2.20. The molecule has 1 aromatic heterocycles. The van der Waals surface area contributed by atoms with Crippen molar-refractivity contribution in [2.75, 3.05) is 33.8 Å². The van der Waals surface area contributed by atoms with Crippen LogP contribution in [0.15, 0.2) is 42.5 Å². The number of methoxy groups -OCH3 is 1. The quantitative estimate of drug-likeness (QED) is 0.523. The molecule has 1 fully saturated rings. The molecule has 2 aromatic carbocycles. The Labute approximate surface area is 227 Å². The number of nitrogens with one attached hydrogen (secondary N) is 2. The summed E-state index contributed by atoms with van der Waals surface area (Å²) >= 11 is 0. The molecule has 0 spiro atoms. The Hall–Kier alpha value is -3.96. The van der Waals surface area contributed by atoms with Gasteiger partial charge in [-0.1, -0.05) is 18.2 Å². The van der Waals surface area contributed by atoms with E-state index in [0.29, 0.717) is 55.7 Å². The molecule has 5 rings (SSSR count). The van der Waals surface area contributed by atoms with Crippen LogP contribution in [0.4, 0.5) is 0 Å². The number of rotatable bonds is 4. The van der Waals surface area contributed by atoms with Gasteiger partial charge in [-0.25, -0.2) is 4.98 Å². The second-order valence-electron chi connectivity index (χ2n) is 10.1. The van der Waals surface area contributed by atoms with Gasteiger partial charge in [-0.15, -0.1) is 0 Å². The van der Waals surface area contributed by atoms with Gasteiger partial charge in [0.2, 0.25) is 11.8 Å². The maximum absolute atomic E-state index is 13.0. The van der Waals surface area contributed by atoms with Gasteiger partial charge in [0.05, 0.1) is 32.4 Å². The lowest BCUT2D eigenvalue weighted by molar-refractivity contribution is -0.131. The summed E-state index contributed by atoms with van der Waals surface area (Å²) in [6, 6.07) is 13.1. The number of nitrogens with zero attached hydrogens (tertiary/aromatic N) is 4. The highest BCUT2D eigenvalue weighted by molar-refractivity contribution is 5.79. The van der Waals surface area contributed by atoms with Crippen LogP contribution < -0.4 is 14.8 Å². The van der Waals surface area contributed by atoms with Crippen LogP contribution in [0, 0.1) is 6.92 Å². The topological polar surface area (TPSA) is 122 Å². The fourth-order valence-corrected chi connectivity index (χ4v) is 4.96. The Morgan fingerprint density at radius 2 is 2.03 bits per heavy atom. The third-order valence-electron chi connectivity index (χ3n) is 6.86. The number of hydrogen-bond donors (Lipinski definition) is 2. The van der Waals surface area contributed by atoms with Crippen molar-refractivity contribution in [3.8, 4) is 17.2 Å². The van der Waals surface area contributed by atoms with Crippen LogP contribution in [-0.4, -0.2) is 82.7 Å². The molecule has 4 bridgehead atoms. The molecule has 206 valence electrons. The molecule has 0 aliphatic carbocycles. The van der Waals surface area contributed by atoms with Crippen LogP contribution in [0.5, 0.6) is 17.2 Å². The highest BCUT2D eigenvalue weighted by Crippen LogP contribution is 2.33. The van der Waals surface area contributed by atoms with E-state index in [1.54, 1.807) is 12.0 Å². The van der Waals surface area contributed by atoms with Gasteiger partial charge in [0.25, 0.3) is 0 Å². The first kappa shape index (κ1) is 26.6. The third kappa shape index (κ3) is 6.73. The number of likely N-dealkylation sites (tertiary alicyclic amines) is 1. The molecule has 0 saturated carbocycles. The zero-order valence-electron chi connectivity index (χ0n) is 22.5. The number of carbonyl (C=O) groups is 2. The zero-order valence-corrected chi connectivity index (χ0v) is 22.5. The van der Waals surface area contributed by atoms with Crippen molar-refractivity contribution >= 4 is 11.8 Å². The zero-order chi connectivity index (χ0) is 27.4. The molecule has 2 aliphatic heterocycles. The van der Waals surface area contributed by atoms with Gasteiger partial charge < -0.3 is 24.4 Å². The standard InChI is InChI=1S/C28H34N6O5/c1-18-29-26(32-31-18)9-10-28(36)34-14-22-25(15-34)38-17-20-5-4-6-21(11-20)39-24-12-19(7-8-23(24)37-3)13-33(2)16-27(35)30-22/h4-8,11-12,22,25H,9-10,13-17H2,1-3H3,(H,30,35)(H,29,31,32)/t22-,25-/m0/s1. The summed E-state index contributed by atoms with van der Waals surface area (Å²) < 4.78 is 18.0. The van der Waals surface area contributed by atoms with E-state index >= 15 is 0 Å². The Bertz CT molecular complexity index is 1330. The average Bonchev–Trinajstić information content (AvgIpc) is 3.51. The van der Waals surface area contributed by atoms with Crippen LogP contribution in [0.3, 0.4) is 0 Å². The summed E-state index contributed by atoms with van der Waals surface area (Å²) in [5.41, 5.74) is 1.91. The van der Waals surface area contributed by atoms with E-state index in [9.17, 15) is 9.59 Å². The smallest absolute Gasteiger partial charge is 0.234 e. The molecule has 2 amide bonds. The van der Waals surface area contributed by atoms with E-state index in [-0.39, 0.29) is 36.9 Å². The van der Waals surface area contributed by atoms with E-state index in [1.807, 2.05) is 61.3 Å². The number of H-pyrrole nitrogens is 1. The molecular formula is C28H34N6O5. The SMILES string of the molecule is COc1ccc2cc1Oc1cccc(c1)CO[C@H]1CN(C(=O)CCc3n[nH]c(C)n3)C[C@@H]1NC(=O)CN(C)C2. The number of aromatic amines is 1. The molecule has 0 unspecified atom stereocenters. The minimum Gasteiger partial charge on any atom is -0.493 e. The minimum absolute atomic E-state index is 0.0190. The molecule has 39 heavy (non-hydrogen) atoms. The first-order chi connectivity index (χ1) is 18.9. The van der Waals surface area contributed by atoms with E-state index < -0.39 is 0 Å². The number of fused-ring (bicyclic) bond motifs is 5. The number of carbonyl (C=O) groups excluding carboxylic acids is 2. The lowest BCUT2D eigenvalue weighted by Gasteiger charge is -2.23. The first-order valence-corrected chi connectivity index (χ1v) is 13.0. The summed E-state index contributed by atoms with van der Waals surface area (Å²) in [6.07, 6.45) is 0.388. The van der Waals surface area contributed by atoms with Gasteiger partial charge in [0.1, 0.15) is 11.6 Å². The van der Waals surface area contributed by atoms with E-state index in [4.69, 9.17) is 14.2 Å². The van der Waals surface area contributed by atoms with E-state index in [0.717, 1.165) is 17.0 Å². The monoisotopic (exact) mass is 534 g/mol. The second-order valence-corrected chi connectivity index (χ2v) is 10.1. The molecule has 3 heterocycles. The maximum atomic E-state index is 13.0. The van der Waals surface area contributed by atoms with Crippen LogP contribution in [0.25, 0.3) is 0 Å². The van der Waals surface area contributed by atoms with Crippen LogP contribution in [-0.2, 0) is 33.9 Å². The number of likely N-dealkylation sites (N-methyl/N-ethyl adjacent to an activating group) is 1. The fraction of sp³-hybridized carbons (Fsp3) is 0.429. The number of amides is 2. The number of aryl methyl sites for hydroxylation is 2. The van der Waals surface area contributed by atoms with Crippen molar-refractivity contribution < 1.29 is 23.8 Å². The van der Waals surface area contributed by atoms with Crippen molar-refractivity contribution in [3.63, 3.8) is 0 Å². The molecule has 11 heteroatoms. The van der Waals surface area contributed by atoms with E-state index in [1.165, 1.54) is 0 Å². The summed E-state index contributed by atoms with van der Waals surface area (Å²) in [6.45, 7) is 3.66. The Balaban J connectivity index is 1.33. The Morgan fingerprint density at radius 3 is 2.82 bits per heavy atom. The number of benzene rings is 2. The predicted molar refractivity (Wildman–Crippen MR) is 142 cm³/mol. The van der Waals surface area contributed by atoms with Crippen molar-refractivity contribution in [3.05, 3.63) is 65.2 Å². The maximum Gasteiger partial charge on any atom is 0.234 e. The van der Waals surface area contributed by atoms with Crippen molar-refractivity contribution in [1.29, 1.82) is 0 Å². The van der Waals surface area contributed by atoms with Gasteiger partial charge in [-0.3, -0.25) is 19.6 Å². The van der Waals surface area contributed by atoms with Gasteiger partial charge in [-0.05, 0) is 49.4 Å². The normalized spacial score (nSPS) is 20.2. The molecule has 2 atom stereocenters. The molecule has 0 radical (unpaired) electrons. The highest BCUT2D eigenvalue weighted by atomic mass is 16.5. The second kappa shape index (κ2) is 11.8. The lowest BCUT2D eigenvalue weighted by Crippen LogP contribution is -2.47. The summed E-state index contributed by atoms with van der Waals surface area (Å²) in [5, 5.41) is 10.0. The number of aromatic nitrogens is 3. The molecular weight excluding hydrogens is 500 g/mol. The van der Waals surface area contributed by atoms with Gasteiger partial charge in [-0.2, -0.15) is 5.10 Å². The molecule has 2 aliphatic rings. The van der Waals surface area contributed by atoms with Crippen molar-refractivity contribution in [2.24, 2.45) is 0 Å². The molecule has 3 aromatic rings. The van der Waals surface area contributed by atoms with Crippen molar-refractivity contribution in [2.45, 2.75) is 45.1 Å². The van der Waals surface area contributed by atoms with Gasteiger partial charge in [0, 0.05) is 32.5 Å². The Kier molecular flexibility index (Phi) is 8.08. The summed E-state index contributed by atoms with van der Waals surface area (Å²) in [7, 11) is 3.50. The summed E-state index contributed by atoms with van der Waals surface area (Å²) in [4.78, 5) is 34.0. The average molecular weight is 535 g/mol. The fourth-order valence-electron chi connectivity index (χ4n) is 4.96. The molecule has 1 saturated heterocycles. The summed E-state index contributed by atoms with van der Waals surface area (Å²) in [5.74, 6) is 3.08. The highest BCUT2D eigenvalue weighted by Gasteiger charge is 2.37.